The maximum absolute atomic E-state index is 12.7. The number of ketones is 1. The molecule has 3 unspecified atom stereocenters. The van der Waals surface area contributed by atoms with Crippen LogP contribution in [0.15, 0.2) is 0 Å². The quantitative estimate of drug-likeness (QED) is 0.443. The fraction of sp³-hybridized carbons (Fsp3) is 0.706. The fourth-order valence-corrected chi connectivity index (χ4v) is 3.33. The van der Waals surface area contributed by atoms with E-state index in [1.807, 2.05) is 0 Å². The highest BCUT2D eigenvalue weighted by Crippen LogP contribution is 2.34. The molecule has 4 N–H and O–H groups in total. The number of carbonyl (C=O) groups is 5. The van der Waals surface area contributed by atoms with E-state index in [4.69, 9.17) is 5.73 Å². The summed E-state index contributed by atoms with van der Waals surface area (Å²) in [6.07, 6.45) is -2.73. The zero-order valence-corrected chi connectivity index (χ0v) is 15.8. The van der Waals surface area contributed by atoms with Crippen LogP contribution in [0.2, 0.25) is 0 Å². The molecular weight excluding hydrogens is 397 g/mol. The first-order valence-electron chi connectivity index (χ1n) is 9.20. The third kappa shape index (κ3) is 5.91. The number of carbonyl (C=O) groups excluding carboxylic acids is 5. The molecule has 1 saturated carbocycles. The van der Waals surface area contributed by atoms with E-state index in [1.54, 1.807) is 6.92 Å². The predicted octanol–water partition coefficient (Wildman–Crippen LogP) is -0.759. The van der Waals surface area contributed by atoms with Crippen LogP contribution in [-0.4, -0.2) is 65.7 Å². The van der Waals surface area contributed by atoms with Gasteiger partial charge in [-0.25, -0.2) is 0 Å². The molecule has 0 bridgehead atoms. The Kier molecular flexibility index (Phi) is 6.85. The molecular formula is C17H23F3N4O5. The first-order chi connectivity index (χ1) is 13.4. The average molecular weight is 420 g/mol. The SMILES string of the molecule is CC1CCN(C(=O)CNC(=O)C(F)(F)F)C1C(=O)NC(CC1CC1)C(=O)C(N)=O. The van der Waals surface area contributed by atoms with Gasteiger partial charge in [0.15, 0.2) is 0 Å². The number of nitrogens with one attached hydrogen (secondary N) is 2. The van der Waals surface area contributed by atoms with Crippen molar-refractivity contribution in [2.75, 3.05) is 13.1 Å². The highest BCUT2D eigenvalue weighted by molar-refractivity contribution is 6.37. The summed E-state index contributed by atoms with van der Waals surface area (Å²) in [5.41, 5.74) is 5.03. The van der Waals surface area contributed by atoms with E-state index in [0.717, 1.165) is 17.7 Å². The lowest BCUT2D eigenvalue weighted by molar-refractivity contribution is -0.174. The highest BCUT2D eigenvalue weighted by Gasteiger charge is 2.43. The summed E-state index contributed by atoms with van der Waals surface area (Å²) >= 11 is 0. The molecule has 1 heterocycles. The van der Waals surface area contributed by atoms with Gasteiger partial charge < -0.3 is 21.3 Å². The van der Waals surface area contributed by atoms with Crippen LogP contribution in [0.5, 0.6) is 0 Å². The Morgan fingerprint density at radius 2 is 1.76 bits per heavy atom. The Morgan fingerprint density at radius 3 is 2.28 bits per heavy atom. The Hall–Kier alpha value is -2.66. The molecule has 2 fully saturated rings. The molecule has 1 aliphatic carbocycles. The van der Waals surface area contributed by atoms with Gasteiger partial charge in [-0.15, -0.1) is 0 Å². The van der Waals surface area contributed by atoms with Crippen LogP contribution < -0.4 is 16.4 Å². The average Bonchev–Trinajstić information content (AvgIpc) is 3.36. The number of nitrogens with zero attached hydrogens (tertiary/aromatic N) is 1. The van der Waals surface area contributed by atoms with Crippen LogP contribution >= 0.6 is 0 Å². The second-order valence-corrected chi connectivity index (χ2v) is 7.45. The molecule has 2 aliphatic rings. The van der Waals surface area contributed by atoms with Crippen molar-refractivity contribution in [1.29, 1.82) is 0 Å². The van der Waals surface area contributed by atoms with E-state index in [0.29, 0.717) is 6.42 Å². The molecule has 9 nitrogen and oxygen atoms in total. The van der Waals surface area contributed by atoms with Crippen LogP contribution in [-0.2, 0) is 24.0 Å². The van der Waals surface area contributed by atoms with Crippen LogP contribution in [0, 0.1) is 11.8 Å². The zero-order chi connectivity index (χ0) is 21.9. The summed E-state index contributed by atoms with van der Waals surface area (Å²) in [4.78, 5) is 60.2. The third-order valence-electron chi connectivity index (χ3n) is 5.09. The summed E-state index contributed by atoms with van der Waals surface area (Å²) in [6.45, 7) is 0.870. The molecule has 4 amide bonds. The Morgan fingerprint density at radius 1 is 1.14 bits per heavy atom. The molecule has 1 aliphatic heterocycles. The molecule has 0 aromatic carbocycles. The van der Waals surface area contributed by atoms with E-state index in [-0.39, 0.29) is 24.8 Å². The van der Waals surface area contributed by atoms with Crippen molar-refractivity contribution in [3.05, 3.63) is 0 Å². The Labute approximate surface area is 164 Å². The minimum Gasteiger partial charge on any atom is -0.363 e. The van der Waals surface area contributed by atoms with Crippen LogP contribution in [0.3, 0.4) is 0 Å². The van der Waals surface area contributed by atoms with Gasteiger partial charge in [0.2, 0.25) is 17.6 Å². The largest absolute Gasteiger partial charge is 0.471 e. The van der Waals surface area contributed by atoms with Crippen molar-refractivity contribution in [1.82, 2.24) is 15.5 Å². The van der Waals surface area contributed by atoms with Crippen molar-refractivity contribution in [3.8, 4) is 0 Å². The second-order valence-electron chi connectivity index (χ2n) is 7.45. The topological polar surface area (TPSA) is 139 Å². The van der Waals surface area contributed by atoms with Gasteiger partial charge in [-0.05, 0) is 24.7 Å². The molecule has 29 heavy (non-hydrogen) atoms. The standard InChI is InChI=1S/C17H23F3N4O5/c1-8-4-5-24(11(25)7-22-16(29)17(18,19)20)12(8)15(28)23-10(6-9-2-3-9)13(26)14(21)27/h8-10,12H,2-7H2,1H3,(H2,21,27)(H,22,29)(H,23,28). The lowest BCUT2D eigenvalue weighted by Gasteiger charge is -2.28. The number of hydrogen-bond donors (Lipinski definition) is 3. The second kappa shape index (κ2) is 8.78. The molecule has 2 rings (SSSR count). The van der Waals surface area contributed by atoms with Crippen molar-refractivity contribution in [2.45, 2.75) is 50.9 Å². The maximum atomic E-state index is 12.7. The zero-order valence-electron chi connectivity index (χ0n) is 15.8. The minimum absolute atomic E-state index is 0.108. The lowest BCUT2D eigenvalue weighted by Crippen LogP contribution is -2.55. The normalized spacial score (nSPS) is 22.7. The van der Waals surface area contributed by atoms with E-state index in [2.05, 4.69) is 5.32 Å². The molecule has 0 radical (unpaired) electrons. The van der Waals surface area contributed by atoms with Gasteiger partial charge in [0.1, 0.15) is 6.04 Å². The Bertz CT molecular complexity index is 708. The number of alkyl halides is 3. The number of primary amides is 1. The summed E-state index contributed by atoms with van der Waals surface area (Å²) in [5.74, 6) is -6.06. The third-order valence-corrected chi connectivity index (χ3v) is 5.09. The number of halogens is 3. The van der Waals surface area contributed by atoms with Gasteiger partial charge in [-0.1, -0.05) is 19.8 Å². The van der Waals surface area contributed by atoms with Crippen LogP contribution in [0.25, 0.3) is 0 Å². The van der Waals surface area contributed by atoms with Gasteiger partial charge >= 0.3 is 12.1 Å². The Balaban J connectivity index is 2.03. The molecule has 0 spiro atoms. The summed E-state index contributed by atoms with van der Waals surface area (Å²) in [7, 11) is 0. The number of amides is 4. The van der Waals surface area contributed by atoms with Gasteiger partial charge in [0.05, 0.1) is 12.6 Å². The number of likely N-dealkylation sites (tertiary alicyclic amines) is 1. The number of Topliss-reactive ketones (excluding diaryl/α,β-unsaturated/α-hetero) is 1. The fourth-order valence-electron chi connectivity index (χ4n) is 3.33. The summed E-state index contributed by atoms with van der Waals surface area (Å²) in [5, 5.41) is 3.94. The van der Waals surface area contributed by atoms with Crippen molar-refractivity contribution in [3.63, 3.8) is 0 Å². The highest BCUT2D eigenvalue weighted by atomic mass is 19.4. The molecule has 12 heteroatoms. The lowest BCUT2D eigenvalue weighted by atomic mass is 10.00. The van der Waals surface area contributed by atoms with Crippen LogP contribution in [0.4, 0.5) is 13.2 Å². The van der Waals surface area contributed by atoms with Gasteiger partial charge in [-0.2, -0.15) is 13.2 Å². The maximum Gasteiger partial charge on any atom is 0.471 e. The van der Waals surface area contributed by atoms with Crippen molar-refractivity contribution < 1.29 is 37.1 Å². The molecule has 0 aromatic rings. The van der Waals surface area contributed by atoms with Gasteiger partial charge in [0, 0.05) is 6.54 Å². The minimum atomic E-state index is -5.12. The van der Waals surface area contributed by atoms with E-state index in [9.17, 15) is 37.1 Å². The number of hydrogen-bond acceptors (Lipinski definition) is 5. The monoisotopic (exact) mass is 420 g/mol. The van der Waals surface area contributed by atoms with Crippen molar-refractivity contribution >= 4 is 29.4 Å². The van der Waals surface area contributed by atoms with Gasteiger partial charge in [-0.3, -0.25) is 24.0 Å². The van der Waals surface area contributed by atoms with E-state index < -0.39 is 54.2 Å². The van der Waals surface area contributed by atoms with E-state index >= 15 is 0 Å². The molecule has 162 valence electrons. The van der Waals surface area contributed by atoms with Gasteiger partial charge in [0.25, 0.3) is 5.91 Å². The first-order valence-corrected chi connectivity index (χ1v) is 9.20. The number of nitrogens with two attached hydrogens (primary N) is 1. The van der Waals surface area contributed by atoms with Crippen molar-refractivity contribution in [2.24, 2.45) is 17.6 Å². The predicted molar refractivity (Wildman–Crippen MR) is 91.8 cm³/mol. The molecule has 1 saturated heterocycles. The van der Waals surface area contributed by atoms with Crippen LogP contribution in [0.1, 0.15) is 32.6 Å². The summed E-state index contributed by atoms with van der Waals surface area (Å²) in [6, 6.07) is -2.14. The smallest absolute Gasteiger partial charge is 0.363 e. The number of rotatable bonds is 8. The first kappa shape index (κ1) is 22.6. The van der Waals surface area contributed by atoms with E-state index in [1.165, 1.54) is 5.32 Å². The summed E-state index contributed by atoms with van der Waals surface area (Å²) < 4.78 is 36.8. The molecule has 0 aromatic heterocycles. The molecule has 3 atom stereocenters.